The Morgan fingerprint density at radius 1 is 1.27 bits per heavy atom. The van der Waals surface area contributed by atoms with Crippen molar-refractivity contribution in [1.29, 1.82) is 0 Å². The smallest absolute Gasteiger partial charge is 0.327 e. The van der Waals surface area contributed by atoms with Crippen molar-refractivity contribution in [1.82, 2.24) is 0 Å². The van der Waals surface area contributed by atoms with Crippen molar-refractivity contribution in [3.8, 4) is 0 Å². The summed E-state index contributed by atoms with van der Waals surface area (Å²) < 4.78 is 82.2. The maximum Gasteiger partial charge on any atom is 0.472 e. The second kappa shape index (κ2) is 5.37. The number of hydrogen-bond acceptors (Lipinski definition) is 3. The van der Waals surface area contributed by atoms with Gasteiger partial charge >= 0.3 is 21.5 Å². The zero-order chi connectivity index (χ0) is 12.9. The van der Waals surface area contributed by atoms with Crippen molar-refractivity contribution in [2.24, 2.45) is 5.73 Å². The number of hydrogen-bond donors (Lipinski definition) is 2. The molecule has 0 atom stereocenters. The lowest BCUT2D eigenvalue weighted by Crippen LogP contribution is -2.43. The average molecular weight is 257 g/mol. The van der Waals surface area contributed by atoms with Crippen LogP contribution in [0.5, 0.6) is 0 Å². The van der Waals surface area contributed by atoms with Gasteiger partial charge in [0.25, 0.3) is 0 Å². The molecule has 0 saturated heterocycles. The molecule has 10 heteroatoms. The molecule has 0 amide bonds. The summed E-state index contributed by atoms with van der Waals surface area (Å²) in [5, 5.41) is -6.10. The maximum absolute atomic E-state index is 11.5. The van der Waals surface area contributed by atoms with E-state index in [0.29, 0.717) is 6.54 Å². The van der Waals surface area contributed by atoms with Crippen LogP contribution in [0.3, 0.4) is 0 Å². The zero-order valence-electron chi connectivity index (χ0n) is 7.13. The van der Waals surface area contributed by atoms with Gasteiger partial charge in [0.15, 0.2) is 0 Å². The van der Waals surface area contributed by atoms with Crippen LogP contribution < -0.4 is 5.73 Å². The van der Waals surface area contributed by atoms with Crippen molar-refractivity contribution in [3.63, 3.8) is 0 Å². The molecular weight excluding hydrogens is 249 g/mol. The summed E-state index contributed by atoms with van der Waals surface area (Å²) in [7, 11) is -6.42. The molecule has 0 aromatic carbocycles. The molecule has 92 valence electrons. The molecule has 0 aliphatic heterocycles. The fourth-order valence-electron chi connectivity index (χ4n) is 0.146. The normalized spacial score (nSPS) is 12.7. The highest BCUT2D eigenvalue weighted by molar-refractivity contribution is 7.86. The summed E-state index contributed by atoms with van der Waals surface area (Å²) in [4.78, 5) is 0. The molecule has 0 bridgehead atoms. The molecule has 4 nitrogen and oxygen atoms in total. The molecule has 0 spiro atoms. The summed E-state index contributed by atoms with van der Waals surface area (Å²) in [6, 6.07) is 0. The van der Waals surface area contributed by atoms with E-state index in [0.717, 1.165) is 0 Å². The molecule has 0 aromatic heterocycles. The molecule has 0 unspecified atom stereocenters. The van der Waals surface area contributed by atoms with E-state index in [2.05, 4.69) is 6.58 Å². The third-order valence-electron chi connectivity index (χ3n) is 0.821. The van der Waals surface area contributed by atoms with Crippen LogP contribution in [0.1, 0.15) is 0 Å². The van der Waals surface area contributed by atoms with E-state index in [4.69, 9.17) is 10.3 Å². The van der Waals surface area contributed by atoms with Crippen molar-refractivity contribution in [2.45, 2.75) is 11.4 Å². The van der Waals surface area contributed by atoms with Crippen LogP contribution >= 0.6 is 0 Å². The molecule has 15 heavy (non-hydrogen) atoms. The Morgan fingerprint density at radius 3 is 1.53 bits per heavy atom. The van der Waals surface area contributed by atoms with E-state index in [1.54, 1.807) is 6.08 Å². The number of alkyl halides is 5. The first-order valence-corrected chi connectivity index (χ1v) is 4.58. The summed E-state index contributed by atoms with van der Waals surface area (Å²) in [6.45, 7) is 3.94. The van der Waals surface area contributed by atoms with Gasteiger partial charge in [0.2, 0.25) is 0 Å². The van der Waals surface area contributed by atoms with Gasteiger partial charge in [-0.25, -0.2) is 0 Å². The van der Waals surface area contributed by atoms with Gasteiger partial charge in [-0.2, -0.15) is 30.4 Å². The summed E-state index contributed by atoms with van der Waals surface area (Å²) in [6.07, 6.45) is -4.64. The first-order chi connectivity index (χ1) is 6.41. The Hall–Kier alpha value is -0.740. The minimum atomic E-state index is -6.42. The van der Waals surface area contributed by atoms with Gasteiger partial charge < -0.3 is 5.73 Å². The number of nitrogens with two attached hydrogens (primary N) is 1. The van der Waals surface area contributed by atoms with Crippen LogP contribution in [-0.4, -0.2) is 30.9 Å². The van der Waals surface area contributed by atoms with Crippen molar-refractivity contribution in [3.05, 3.63) is 12.7 Å². The molecule has 0 aromatic rings. The third-order valence-corrected chi connectivity index (χ3v) is 1.70. The topological polar surface area (TPSA) is 80.4 Å². The van der Waals surface area contributed by atoms with Gasteiger partial charge in [0, 0.05) is 6.54 Å². The summed E-state index contributed by atoms with van der Waals surface area (Å²) in [5.41, 5.74) is 4.91. The van der Waals surface area contributed by atoms with Gasteiger partial charge in [0.05, 0.1) is 0 Å². The molecular formula is C5H8F5NO3S. The van der Waals surface area contributed by atoms with Gasteiger partial charge in [-0.15, -0.1) is 6.58 Å². The Kier molecular flexibility index (Phi) is 5.98. The highest BCUT2D eigenvalue weighted by Gasteiger charge is 2.67. The minimum absolute atomic E-state index is 0.583. The van der Waals surface area contributed by atoms with Gasteiger partial charge in [-0.05, 0) is 0 Å². The van der Waals surface area contributed by atoms with Crippen molar-refractivity contribution >= 4 is 10.1 Å². The maximum atomic E-state index is 11.5. The highest BCUT2D eigenvalue weighted by Crippen LogP contribution is 2.38. The highest BCUT2D eigenvalue weighted by atomic mass is 32.2. The lowest BCUT2D eigenvalue weighted by Gasteiger charge is -2.15. The Balaban J connectivity index is 0. The summed E-state index contributed by atoms with van der Waals surface area (Å²) in [5.74, 6) is 0. The average Bonchev–Trinajstić information content (AvgIpc) is 2.01. The standard InChI is InChI=1S/C3H7N.C2HF5O3S/c1-2-3-4;3-1(4,5)2(6,7)11(8,9)10/h2H,1,3-4H2;(H,8,9,10). The molecule has 0 saturated carbocycles. The molecule has 3 N–H and O–H groups in total. The summed E-state index contributed by atoms with van der Waals surface area (Å²) >= 11 is 0. The zero-order valence-corrected chi connectivity index (χ0v) is 7.95. The lowest BCUT2D eigenvalue weighted by atomic mass is 10.7. The van der Waals surface area contributed by atoms with Crippen LogP contribution in [0.2, 0.25) is 0 Å². The van der Waals surface area contributed by atoms with Crippen LogP contribution in [-0.2, 0) is 10.1 Å². The molecule has 0 heterocycles. The van der Waals surface area contributed by atoms with Gasteiger partial charge in [-0.1, -0.05) is 6.08 Å². The van der Waals surface area contributed by atoms with Crippen molar-refractivity contribution < 1.29 is 34.9 Å². The first kappa shape index (κ1) is 16.7. The Labute approximate surface area is 82.3 Å². The fourth-order valence-corrected chi connectivity index (χ4v) is 0.439. The van der Waals surface area contributed by atoms with E-state index in [1.807, 2.05) is 0 Å². The largest absolute Gasteiger partial charge is 0.472 e. The third kappa shape index (κ3) is 5.04. The number of rotatable bonds is 2. The van der Waals surface area contributed by atoms with E-state index in [1.165, 1.54) is 0 Å². The number of halogens is 5. The molecule has 0 aliphatic carbocycles. The van der Waals surface area contributed by atoms with Gasteiger partial charge in [-0.3, -0.25) is 4.55 Å². The van der Waals surface area contributed by atoms with Gasteiger partial charge in [0.1, 0.15) is 0 Å². The molecule has 0 rings (SSSR count). The Morgan fingerprint density at radius 2 is 1.53 bits per heavy atom. The molecule has 0 radical (unpaired) electrons. The van der Waals surface area contributed by atoms with Crippen LogP contribution in [0.25, 0.3) is 0 Å². The van der Waals surface area contributed by atoms with E-state index < -0.39 is 21.5 Å². The quantitative estimate of drug-likeness (QED) is 0.442. The monoisotopic (exact) mass is 257 g/mol. The SMILES string of the molecule is C=CCN.O=S(=O)(O)C(F)(F)C(F)(F)F. The van der Waals surface area contributed by atoms with E-state index in [-0.39, 0.29) is 0 Å². The fraction of sp³-hybridized carbons (Fsp3) is 0.600. The predicted molar refractivity (Wildman–Crippen MR) is 41.8 cm³/mol. The van der Waals surface area contributed by atoms with E-state index >= 15 is 0 Å². The second-order valence-corrected chi connectivity index (χ2v) is 3.48. The predicted octanol–water partition coefficient (Wildman–Crippen LogP) is 1.16. The van der Waals surface area contributed by atoms with Crippen LogP contribution in [0.4, 0.5) is 22.0 Å². The second-order valence-electron chi connectivity index (χ2n) is 2.01. The molecule has 0 fully saturated rings. The minimum Gasteiger partial charge on any atom is -0.327 e. The lowest BCUT2D eigenvalue weighted by molar-refractivity contribution is -0.243. The molecule has 0 aliphatic rings. The Bertz CT molecular complexity index is 296. The first-order valence-electron chi connectivity index (χ1n) is 3.14. The van der Waals surface area contributed by atoms with Crippen molar-refractivity contribution in [2.75, 3.05) is 6.54 Å². The van der Waals surface area contributed by atoms with Crippen LogP contribution in [0.15, 0.2) is 12.7 Å². The van der Waals surface area contributed by atoms with Crippen LogP contribution in [0, 0.1) is 0 Å². The van der Waals surface area contributed by atoms with E-state index in [9.17, 15) is 30.4 Å².